The number of carbonyl (C=O) groups excluding carboxylic acids is 1. The van der Waals surface area contributed by atoms with E-state index in [-0.39, 0.29) is 18.0 Å². The number of hydrogen-bond donors (Lipinski definition) is 1. The third-order valence-electron chi connectivity index (χ3n) is 3.49. The fraction of sp³-hybridized carbons (Fsp3) is 0.118. The summed E-state index contributed by atoms with van der Waals surface area (Å²) >= 11 is 0. The molecule has 2 aromatic heterocycles. The molecule has 3 aromatic rings. The minimum atomic E-state index is -0.176. The number of pyridine rings is 2. The Morgan fingerprint density at radius 2 is 2.05 bits per heavy atom. The van der Waals surface area contributed by atoms with Crippen LogP contribution in [0, 0.1) is 0 Å². The molecule has 0 atom stereocenters. The number of carbonyl (C=O) groups is 1. The molecule has 110 valence electrons. The van der Waals surface area contributed by atoms with Crippen molar-refractivity contribution >= 4 is 16.8 Å². The van der Waals surface area contributed by atoms with Crippen LogP contribution < -0.4 is 5.56 Å². The van der Waals surface area contributed by atoms with Crippen LogP contribution in [0.1, 0.15) is 15.9 Å². The molecule has 2 heterocycles. The van der Waals surface area contributed by atoms with Crippen LogP contribution in [0.15, 0.2) is 59.7 Å². The van der Waals surface area contributed by atoms with Gasteiger partial charge in [-0.15, -0.1) is 0 Å². The predicted molar refractivity (Wildman–Crippen MR) is 84.6 cm³/mol. The predicted octanol–water partition coefficient (Wildman–Crippen LogP) is 2.20. The molecule has 3 rings (SSSR count). The van der Waals surface area contributed by atoms with E-state index in [0.717, 1.165) is 10.9 Å². The normalized spacial score (nSPS) is 10.6. The summed E-state index contributed by atoms with van der Waals surface area (Å²) < 4.78 is 0. The number of nitrogens with one attached hydrogen (secondary N) is 1. The second-order valence-corrected chi connectivity index (χ2v) is 5.11. The molecular weight excluding hydrogens is 278 g/mol. The topological polar surface area (TPSA) is 66.1 Å². The molecule has 5 nitrogen and oxygen atoms in total. The second kappa shape index (κ2) is 5.81. The quantitative estimate of drug-likeness (QED) is 0.805. The van der Waals surface area contributed by atoms with E-state index in [1.165, 1.54) is 11.1 Å². The van der Waals surface area contributed by atoms with Crippen molar-refractivity contribution in [1.29, 1.82) is 0 Å². The number of amides is 1. The SMILES string of the molecule is CN(Cc1cc2ccccc2[nH]c1=O)C(=O)c1cccnc1. The third kappa shape index (κ3) is 2.74. The summed E-state index contributed by atoms with van der Waals surface area (Å²) in [6.07, 6.45) is 3.13. The summed E-state index contributed by atoms with van der Waals surface area (Å²) in [5.41, 5.74) is 1.67. The molecule has 1 amide bonds. The number of rotatable bonds is 3. The lowest BCUT2D eigenvalue weighted by molar-refractivity contribution is 0.0784. The molecule has 0 spiro atoms. The highest BCUT2D eigenvalue weighted by molar-refractivity contribution is 5.93. The summed E-state index contributed by atoms with van der Waals surface area (Å²) in [6.45, 7) is 0.244. The van der Waals surface area contributed by atoms with Gasteiger partial charge in [0.05, 0.1) is 12.1 Å². The lowest BCUT2D eigenvalue weighted by atomic mass is 10.1. The Balaban J connectivity index is 1.88. The van der Waals surface area contributed by atoms with Gasteiger partial charge in [0.2, 0.25) is 0 Å². The first-order valence-corrected chi connectivity index (χ1v) is 6.91. The van der Waals surface area contributed by atoms with Crippen molar-refractivity contribution in [3.63, 3.8) is 0 Å². The standard InChI is InChI=1S/C17H15N3O2/c1-20(17(22)13-6-4-8-18-10-13)11-14-9-12-5-2-3-7-15(12)19-16(14)21/h2-10H,11H2,1H3,(H,19,21). The van der Waals surface area contributed by atoms with E-state index in [1.807, 2.05) is 30.3 Å². The molecule has 0 aliphatic rings. The first kappa shape index (κ1) is 14.0. The monoisotopic (exact) mass is 293 g/mol. The molecule has 0 aliphatic heterocycles. The van der Waals surface area contributed by atoms with Crippen molar-refractivity contribution < 1.29 is 4.79 Å². The maximum atomic E-state index is 12.3. The number of nitrogens with zero attached hydrogens (tertiary/aromatic N) is 2. The average molecular weight is 293 g/mol. The summed E-state index contributed by atoms with van der Waals surface area (Å²) in [5.74, 6) is -0.166. The van der Waals surface area contributed by atoms with E-state index < -0.39 is 0 Å². The fourth-order valence-electron chi connectivity index (χ4n) is 2.35. The third-order valence-corrected chi connectivity index (χ3v) is 3.49. The van der Waals surface area contributed by atoms with Gasteiger partial charge in [-0.25, -0.2) is 0 Å². The summed E-state index contributed by atoms with van der Waals surface area (Å²) in [4.78, 5) is 32.7. The molecule has 0 aliphatic carbocycles. The Bertz CT molecular complexity index is 872. The maximum Gasteiger partial charge on any atom is 0.255 e. The number of fused-ring (bicyclic) bond motifs is 1. The molecule has 0 fully saturated rings. The van der Waals surface area contributed by atoms with Crippen LogP contribution in [0.3, 0.4) is 0 Å². The minimum Gasteiger partial charge on any atom is -0.337 e. The first-order chi connectivity index (χ1) is 10.6. The fourth-order valence-corrected chi connectivity index (χ4v) is 2.35. The summed E-state index contributed by atoms with van der Waals surface area (Å²) in [5, 5.41) is 0.944. The molecule has 1 N–H and O–H groups in total. The van der Waals surface area contributed by atoms with Crippen molar-refractivity contribution in [2.45, 2.75) is 6.54 Å². The van der Waals surface area contributed by atoms with E-state index in [9.17, 15) is 9.59 Å². The highest BCUT2D eigenvalue weighted by Gasteiger charge is 2.14. The molecule has 0 saturated heterocycles. The van der Waals surface area contributed by atoms with Gasteiger partial charge < -0.3 is 9.88 Å². The van der Waals surface area contributed by atoms with E-state index in [4.69, 9.17) is 0 Å². The Kier molecular flexibility index (Phi) is 3.70. The highest BCUT2D eigenvalue weighted by atomic mass is 16.2. The zero-order chi connectivity index (χ0) is 15.5. The maximum absolute atomic E-state index is 12.3. The van der Waals surface area contributed by atoms with Gasteiger partial charge in [0.25, 0.3) is 11.5 Å². The second-order valence-electron chi connectivity index (χ2n) is 5.11. The van der Waals surface area contributed by atoms with Crippen LogP contribution >= 0.6 is 0 Å². The molecule has 0 saturated carbocycles. The zero-order valence-corrected chi connectivity index (χ0v) is 12.1. The first-order valence-electron chi connectivity index (χ1n) is 6.91. The summed E-state index contributed by atoms with van der Waals surface area (Å²) in [7, 11) is 1.67. The molecule has 5 heteroatoms. The number of para-hydroxylation sites is 1. The zero-order valence-electron chi connectivity index (χ0n) is 12.1. The van der Waals surface area contributed by atoms with Crippen LogP contribution in [0.5, 0.6) is 0 Å². The van der Waals surface area contributed by atoms with Gasteiger partial charge in [-0.3, -0.25) is 14.6 Å². The molecule has 0 radical (unpaired) electrons. The highest BCUT2D eigenvalue weighted by Crippen LogP contribution is 2.12. The van der Waals surface area contributed by atoms with Crippen LogP contribution in [0.2, 0.25) is 0 Å². The Hall–Kier alpha value is -2.95. The van der Waals surface area contributed by atoms with Gasteiger partial charge >= 0.3 is 0 Å². The number of aromatic amines is 1. The van der Waals surface area contributed by atoms with Gasteiger partial charge in [0.1, 0.15) is 0 Å². The minimum absolute atomic E-state index is 0.166. The van der Waals surface area contributed by atoms with Crippen LogP contribution in [-0.2, 0) is 6.54 Å². The van der Waals surface area contributed by atoms with Crippen molar-refractivity contribution in [1.82, 2.24) is 14.9 Å². The Morgan fingerprint density at radius 1 is 1.23 bits per heavy atom. The van der Waals surface area contributed by atoms with E-state index in [2.05, 4.69) is 9.97 Å². The molecule has 1 aromatic carbocycles. The molecule has 0 unspecified atom stereocenters. The van der Waals surface area contributed by atoms with Crippen molar-refractivity contribution in [3.05, 3.63) is 76.3 Å². The molecular formula is C17H15N3O2. The number of aromatic nitrogens is 2. The summed E-state index contributed by atoms with van der Waals surface area (Å²) in [6, 6.07) is 12.8. The number of H-pyrrole nitrogens is 1. The van der Waals surface area contributed by atoms with Crippen molar-refractivity contribution in [3.8, 4) is 0 Å². The van der Waals surface area contributed by atoms with Crippen LogP contribution in [0.25, 0.3) is 10.9 Å². The largest absolute Gasteiger partial charge is 0.337 e. The Labute approximate surface area is 127 Å². The number of hydrogen-bond acceptors (Lipinski definition) is 3. The van der Waals surface area contributed by atoms with Gasteiger partial charge in [-0.05, 0) is 29.7 Å². The van der Waals surface area contributed by atoms with Crippen LogP contribution in [0.4, 0.5) is 0 Å². The molecule has 0 bridgehead atoms. The van der Waals surface area contributed by atoms with E-state index in [0.29, 0.717) is 11.1 Å². The lowest BCUT2D eigenvalue weighted by Crippen LogP contribution is -2.29. The lowest BCUT2D eigenvalue weighted by Gasteiger charge is -2.17. The van der Waals surface area contributed by atoms with Crippen molar-refractivity contribution in [2.24, 2.45) is 0 Å². The van der Waals surface area contributed by atoms with Gasteiger partial charge in [0.15, 0.2) is 0 Å². The van der Waals surface area contributed by atoms with E-state index >= 15 is 0 Å². The average Bonchev–Trinajstić information content (AvgIpc) is 2.55. The van der Waals surface area contributed by atoms with Crippen molar-refractivity contribution in [2.75, 3.05) is 7.05 Å². The van der Waals surface area contributed by atoms with E-state index in [1.54, 1.807) is 25.4 Å². The van der Waals surface area contributed by atoms with Gasteiger partial charge in [-0.2, -0.15) is 0 Å². The number of benzene rings is 1. The van der Waals surface area contributed by atoms with Crippen LogP contribution in [-0.4, -0.2) is 27.8 Å². The Morgan fingerprint density at radius 3 is 2.82 bits per heavy atom. The van der Waals surface area contributed by atoms with Gasteiger partial charge in [0, 0.05) is 30.5 Å². The smallest absolute Gasteiger partial charge is 0.255 e. The molecule has 22 heavy (non-hydrogen) atoms. The van der Waals surface area contributed by atoms with Gasteiger partial charge in [-0.1, -0.05) is 18.2 Å².